The highest BCUT2D eigenvalue weighted by Crippen LogP contribution is 2.27. The molecule has 0 aromatic heterocycles. The van der Waals surface area contributed by atoms with Gasteiger partial charge in [-0.25, -0.2) is 0 Å². The lowest BCUT2D eigenvalue weighted by Crippen LogP contribution is -2.44. The summed E-state index contributed by atoms with van der Waals surface area (Å²) < 4.78 is 12.8. The average Bonchev–Trinajstić information content (AvgIpc) is 2.97. The van der Waals surface area contributed by atoms with Gasteiger partial charge in [-0.3, -0.25) is 14.0 Å². The summed E-state index contributed by atoms with van der Waals surface area (Å²) in [4.78, 5) is 28.2. The Hall–Kier alpha value is -1.91. The van der Waals surface area contributed by atoms with Gasteiger partial charge in [-0.05, 0) is 25.0 Å². The monoisotopic (exact) mass is 304 g/mol. The van der Waals surface area contributed by atoms with Crippen LogP contribution in [-0.4, -0.2) is 43.0 Å². The van der Waals surface area contributed by atoms with Crippen molar-refractivity contribution in [1.82, 2.24) is 4.90 Å². The maximum absolute atomic E-state index is 12.8. The smallest absolute Gasteiger partial charge is 0.228 e. The van der Waals surface area contributed by atoms with E-state index < -0.39 is 0 Å². The Bertz CT molecular complexity index is 549. The molecule has 22 heavy (non-hydrogen) atoms. The standard InChI is InChI=1S/C17H21FN2O2/c18-10-13-5-4-8-19(11-13)17(22)14-9-16(21)20(12-14)15-6-2-1-3-7-15/h1-3,6-7,13-14H,4-5,8-12H2. The van der Waals surface area contributed by atoms with Crippen LogP contribution in [0.1, 0.15) is 19.3 Å². The molecule has 0 spiro atoms. The number of nitrogens with zero attached hydrogens (tertiary/aromatic N) is 2. The Labute approximate surface area is 129 Å². The Morgan fingerprint density at radius 1 is 1.23 bits per heavy atom. The normalized spacial score (nSPS) is 25.6. The molecule has 0 N–H and O–H groups in total. The second-order valence-electron chi connectivity index (χ2n) is 6.19. The second-order valence-corrected chi connectivity index (χ2v) is 6.19. The summed E-state index contributed by atoms with van der Waals surface area (Å²) in [6.07, 6.45) is 1.95. The summed E-state index contributed by atoms with van der Waals surface area (Å²) in [6.45, 7) is 1.23. The number of halogens is 1. The minimum Gasteiger partial charge on any atom is -0.342 e. The van der Waals surface area contributed by atoms with E-state index >= 15 is 0 Å². The summed E-state index contributed by atoms with van der Waals surface area (Å²) >= 11 is 0. The lowest BCUT2D eigenvalue weighted by Gasteiger charge is -2.33. The molecule has 2 saturated heterocycles. The first-order valence-corrected chi connectivity index (χ1v) is 7.89. The molecule has 0 bridgehead atoms. The van der Waals surface area contributed by atoms with Gasteiger partial charge in [0.2, 0.25) is 11.8 Å². The van der Waals surface area contributed by atoms with Crippen LogP contribution in [0.5, 0.6) is 0 Å². The second kappa shape index (κ2) is 6.46. The van der Waals surface area contributed by atoms with Gasteiger partial charge in [0.15, 0.2) is 0 Å². The zero-order valence-electron chi connectivity index (χ0n) is 12.6. The van der Waals surface area contributed by atoms with Crippen molar-refractivity contribution < 1.29 is 14.0 Å². The molecule has 2 atom stereocenters. The highest BCUT2D eigenvalue weighted by molar-refractivity contribution is 6.00. The van der Waals surface area contributed by atoms with Crippen molar-refractivity contribution in [2.45, 2.75) is 19.3 Å². The van der Waals surface area contributed by atoms with Crippen LogP contribution in [0, 0.1) is 11.8 Å². The summed E-state index contributed by atoms with van der Waals surface area (Å²) in [7, 11) is 0. The zero-order chi connectivity index (χ0) is 15.5. The average molecular weight is 304 g/mol. The molecule has 1 aromatic rings. The number of amides is 2. The first kappa shape index (κ1) is 15.0. The van der Waals surface area contributed by atoms with E-state index in [0.717, 1.165) is 18.5 Å². The predicted octanol–water partition coefficient (Wildman–Crippen LogP) is 2.25. The van der Waals surface area contributed by atoms with Gasteiger partial charge in [0.25, 0.3) is 0 Å². The van der Waals surface area contributed by atoms with E-state index in [1.807, 2.05) is 30.3 Å². The number of piperidine rings is 1. The fourth-order valence-corrected chi connectivity index (χ4v) is 3.38. The maximum atomic E-state index is 12.8. The number of rotatable bonds is 3. The van der Waals surface area contributed by atoms with Crippen LogP contribution in [0.3, 0.4) is 0 Å². The van der Waals surface area contributed by atoms with Gasteiger partial charge >= 0.3 is 0 Å². The van der Waals surface area contributed by atoms with Gasteiger partial charge in [0.05, 0.1) is 12.6 Å². The highest BCUT2D eigenvalue weighted by atomic mass is 19.1. The number of hydrogen-bond donors (Lipinski definition) is 0. The maximum Gasteiger partial charge on any atom is 0.228 e. The Morgan fingerprint density at radius 2 is 2.00 bits per heavy atom. The third-order valence-electron chi connectivity index (χ3n) is 4.59. The van der Waals surface area contributed by atoms with Crippen molar-refractivity contribution >= 4 is 17.5 Å². The van der Waals surface area contributed by atoms with Gasteiger partial charge < -0.3 is 9.80 Å². The molecule has 0 saturated carbocycles. The quantitative estimate of drug-likeness (QED) is 0.859. The van der Waals surface area contributed by atoms with E-state index in [2.05, 4.69) is 0 Å². The lowest BCUT2D eigenvalue weighted by atomic mass is 9.97. The van der Waals surface area contributed by atoms with Crippen LogP contribution in [0.15, 0.2) is 30.3 Å². The van der Waals surface area contributed by atoms with E-state index in [1.54, 1.807) is 9.80 Å². The van der Waals surface area contributed by atoms with E-state index in [4.69, 9.17) is 0 Å². The third-order valence-corrected chi connectivity index (χ3v) is 4.59. The molecule has 2 heterocycles. The van der Waals surface area contributed by atoms with Crippen molar-refractivity contribution in [3.63, 3.8) is 0 Å². The number of benzene rings is 1. The van der Waals surface area contributed by atoms with Crippen molar-refractivity contribution in [2.75, 3.05) is 31.2 Å². The fourth-order valence-electron chi connectivity index (χ4n) is 3.38. The SMILES string of the molecule is O=C(C1CC(=O)N(c2ccccc2)C1)N1CCCC(CF)C1. The topological polar surface area (TPSA) is 40.6 Å². The van der Waals surface area contributed by atoms with Crippen molar-refractivity contribution in [3.05, 3.63) is 30.3 Å². The number of carbonyl (C=O) groups is 2. The number of alkyl halides is 1. The molecule has 2 aliphatic rings. The van der Waals surface area contributed by atoms with Crippen LogP contribution < -0.4 is 4.90 Å². The molecule has 118 valence electrons. The largest absolute Gasteiger partial charge is 0.342 e. The number of anilines is 1. The number of hydrogen-bond acceptors (Lipinski definition) is 2. The number of carbonyl (C=O) groups excluding carboxylic acids is 2. The van der Waals surface area contributed by atoms with Crippen molar-refractivity contribution in [2.24, 2.45) is 11.8 Å². The van der Waals surface area contributed by atoms with Gasteiger partial charge in [-0.2, -0.15) is 0 Å². The molecule has 2 aliphatic heterocycles. The van der Waals surface area contributed by atoms with E-state index in [-0.39, 0.29) is 36.7 Å². The minimum absolute atomic E-state index is 0.00457. The Morgan fingerprint density at radius 3 is 2.73 bits per heavy atom. The molecule has 2 fully saturated rings. The minimum atomic E-state index is -0.372. The fraction of sp³-hybridized carbons (Fsp3) is 0.529. The van der Waals surface area contributed by atoms with Gasteiger partial charge in [0.1, 0.15) is 0 Å². The highest BCUT2D eigenvalue weighted by Gasteiger charge is 2.38. The van der Waals surface area contributed by atoms with E-state index in [1.165, 1.54) is 0 Å². The molecular formula is C17H21FN2O2. The first-order valence-electron chi connectivity index (χ1n) is 7.89. The molecule has 0 aliphatic carbocycles. The number of likely N-dealkylation sites (tertiary alicyclic amines) is 1. The molecule has 4 nitrogen and oxygen atoms in total. The summed E-state index contributed by atoms with van der Waals surface area (Å²) in [5.74, 6) is -0.348. The van der Waals surface area contributed by atoms with Crippen molar-refractivity contribution in [3.8, 4) is 0 Å². The number of para-hydroxylation sites is 1. The Balaban J connectivity index is 1.66. The zero-order valence-corrected chi connectivity index (χ0v) is 12.6. The first-order chi connectivity index (χ1) is 10.7. The summed E-state index contributed by atoms with van der Waals surface area (Å²) in [5, 5.41) is 0. The van der Waals surface area contributed by atoms with Gasteiger partial charge in [-0.1, -0.05) is 18.2 Å². The van der Waals surface area contributed by atoms with Gasteiger partial charge in [-0.15, -0.1) is 0 Å². The molecule has 5 heteroatoms. The summed E-state index contributed by atoms with van der Waals surface area (Å²) in [6, 6.07) is 9.43. The molecule has 1 aromatic carbocycles. The molecule has 3 rings (SSSR count). The van der Waals surface area contributed by atoms with Crippen LogP contribution in [0.25, 0.3) is 0 Å². The van der Waals surface area contributed by atoms with Crippen LogP contribution in [0.4, 0.5) is 10.1 Å². The molecule has 0 radical (unpaired) electrons. The predicted molar refractivity (Wildman–Crippen MR) is 82.2 cm³/mol. The Kier molecular flexibility index (Phi) is 4.41. The third kappa shape index (κ3) is 2.98. The molecular weight excluding hydrogens is 283 g/mol. The van der Waals surface area contributed by atoms with Gasteiger partial charge in [0, 0.05) is 37.7 Å². The van der Waals surface area contributed by atoms with Crippen LogP contribution in [-0.2, 0) is 9.59 Å². The van der Waals surface area contributed by atoms with E-state index in [0.29, 0.717) is 19.6 Å². The van der Waals surface area contributed by atoms with E-state index in [9.17, 15) is 14.0 Å². The molecule has 2 unspecified atom stereocenters. The van der Waals surface area contributed by atoms with Crippen LogP contribution in [0.2, 0.25) is 0 Å². The summed E-state index contributed by atoms with van der Waals surface area (Å²) in [5.41, 5.74) is 0.836. The van der Waals surface area contributed by atoms with Crippen molar-refractivity contribution in [1.29, 1.82) is 0 Å². The van der Waals surface area contributed by atoms with Crippen LogP contribution >= 0.6 is 0 Å². The lowest BCUT2D eigenvalue weighted by molar-refractivity contribution is -0.137. The molecule has 2 amide bonds.